The molecule has 0 aromatic heterocycles. The SMILES string of the molecule is CCCc1ccc2c(S(=O)(=O)O)cccc2c1CCC. The van der Waals surface area contributed by atoms with Crippen LogP contribution in [0.3, 0.4) is 0 Å². The fourth-order valence-corrected chi connectivity index (χ4v) is 3.42. The molecule has 2 rings (SSSR count). The predicted molar refractivity (Wildman–Crippen MR) is 81.8 cm³/mol. The Morgan fingerprint density at radius 3 is 2.25 bits per heavy atom. The molecule has 4 heteroatoms. The van der Waals surface area contributed by atoms with Gasteiger partial charge in [0.05, 0.1) is 0 Å². The first-order chi connectivity index (χ1) is 9.49. The molecule has 108 valence electrons. The zero-order valence-electron chi connectivity index (χ0n) is 11.9. The van der Waals surface area contributed by atoms with Gasteiger partial charge in [0.2, 0.25) is 0 Å². The maximum Gasteiger partial charge on any atom is 0.295 e. The molecule has 0 amide bonds. The van der Waals surface area contributed by atoms with Crippen molar-refractivity contribution in [1.29, 1.82) is 0 Å². The quantitative estimate of drug-likeness (QED) is 0.848. The minimum absolute atomic E-state index is 0.00426. The summed E-state index contributed by atoms with van der Waals surface area (Å²) in [4.78, 5) is -0.00426. The zero-order chi connectivity index (χ0) is 14.8. The second kappa shape index (κ2) is 5.94. The molecule has 1 N–H and O–H groups in total. The molecule has 0 atom stereocenters. The van der Waals surface area contributed by atoms with Gasteiger partial charge in [-0.05, 0) is 35.4 Å². The summed E-state index contributed by atoms with van der Waals surface area (Å²) in [5.74, 6) is 0. The van der Waals surface area contributed by atoms with Crippen molar-refractivity contribution in [2.75, 3.05) is 0 Å². The fraction of sp³-hybridized carbons (Fsp3) is 0.375. The minimum atomic E-state index is -4.19. The van der Waals surface area contributed by atoms with Crippen molar-refractivity contribution in [3.8, 4) is 0 Å². The third kappa shape index (κ3) is 2.86. The van der Waals surface area contributed by atoms with Crippen LogP contribution in [0.15, 0.2) is 35.2 Å². The maximum atomic E-state index is 11.5. The molecule has 0 aliphatic rings. The second-order valence-electron chi connectivity index (χ2n) is 5.03. The van der Waals surface area contributed by atoms with Gasteiger partial charge in [-0.15, -0.1) is 0 Å². The normalized spacial score (nSPS) is 11.9. The van der Waals surface area contributed by atoms with Crippen molar-refractivity contribution in [2.45, 2.75) is 44.4 Å². The summed E-state index contributed by atoms with van der Waals surface area (Å²) in [5, 5.41) is 1.55. The van der Waals surface area contributed by atoms with Gasteiger partial charge in [-0.25, -0.2) is 0 Å². The Morgan fingerprint density at radius 1 is 0.950 bits per heavy atom. The van der Waals surface area contributed by atoms with Gasteiger partial charge < -0.3 is 0 Å². The molecule has 0 aliphatic carbocycles. The first kappa shape index (κ1) is 15.0. The highest BCUT2D eigenvalue weighted by atomic mass is 32.2. The van der Waals surface area contributed by atoms with Gasteiger partial charge in [-0.2, -0.15) is 8.42 Å². The molecule has 0 bridgehead atoms. The van der Waals surface area contributed by atoms with Gasteiger partial charge in [0.1, 0.15) is 4.90 Å². The van der Waals surface area contributed by atoms with E-state index in [0.29, 0.717) is 5.39 Å². The van der Waals surface area contributed by atoms with Gasteiger partial charge in [0.15, 0.2) is 0 Å². The Morgan fingerprint density at radius 2 is 1.65 bits per heavy atom. The van der Waals surface area contributed by atoms with Gasteiger partial charge >= 0.3 is 0 Å². The predicted octanol–water partition coefficient (Wildman–Crippen LogP) is 3.99. The largest absolute Gasteiger partial charge is 0.295 e. The highest BCUT2D eigenvalue weighted by molar-refractivity contribution is 7.86. The maximum absolute atomic E-state index is 11.5. The van der Waals surface area contributed by atoms with Gasteiger partial charge in [-0.1, -0.05) is 51.0 Å². The van der Waals surface area contributed by atoms with Crippen molar-refractivity contribution >= 4 is 20.9 Å². The van der Waals surface area contributed by atoms with Crippen molar-refractivity contribution < 1.29 is 13.0 Å². The van der Waals surface area contributed by atoms with E-state index >= 15 is 0 Å². The molecule has 0 radical (unpaired) electrons. The Hall–Kier alpha value is -1.39. The number of hydrogen-bond acceptors (Lipinski definition) is 2. The molecule has 3 nitrogen and oxygen atoms in total. The summed E-state index contributed by atoms with van der Waals surface area (Å²) in [6.45, 7) is 4.25. The molecular weight excluding hydrogens is 272 g/mol. The summed E-state index contributed by atoms with van der Waals surface area (Å²) in [5.41, 5.74) is 2.48. The Labute approximate surface area is 120 Å². The van der Waals surface area contributed by atoms with Crippen molar-refractivity contribution in [1.82, 2.24) is 0 Å². The van der Waals surface area contributed by atoms with Crippen LogP contribution >= 0.6 is 0 Å². The van der Waals surface area contributed by atoms with Crippen LogP contribution < -0.4 is 0 Å². The van der Waals surface area contributed by atoms with Gasteiger partial charge in [0.25, 0.3) is 10.1 Å². The first-order valence-corrected chi connectivity index (χ1v) is 8.44. The van der Waals surface area contributed by atoms with E-state index < -0.39 is 10.1 Å². The van der Waals surface area contributed by atoms with E-state index in [9.17, 15) is 13.0 Å². The third-order valence-electron chi connectivity index (χ3n) is 3.53. The number of rotatable bonds is 5. The van der Waals surface area contributed by atoms with E-state index in [0.717, 1.165) is 31.1 Å². The lowest BCUT2D eigenvalue weighted by atomic mass is 9.93. The van der Waals surface area contributed by atoms with Crippen LogP contribution in [0, 0.1) is 0 Å². The summed E-state index contributed by atoms with van der Waals surface area (Å²) in [6.07, 6.45) is 3.97. The van der Waals surface area contributed by atoms with E-state index in [1.165, 1.54) is 17.2 Å². The summed E-state index contributed by atoms with van der Waals surface area (Å²) in [7, 11) is -4.19. The topological polar surface area (TPSA) is 54.4 Å². The molecule has 0 saturated carbocycles. The molecule has 0 saturated heterocycles. The number of benzene rings is 2. The molecule has 20 heavy (non-hydrogen) atoms. The second-order valence-corrected chi connectivity index (χ2v) is 6.42. The summed E-state index contributed by atoms with van der Waals surface area (Å²) < 4.78 is 32.3. The van der Waals surface area contributed by atoms with E-state index in [1.807, 2.05) is 18.2 Å². The van der Waals surface area contributed by atoms with E-state index in [1.54, 1.807) is 6.07 Å². The lowest BCUT2D eigenvalue weighted by Gasteiger charge is -2.13. The van der Waals surface area contributed by atoms with Crippen LogP contribution in [0.2, 0.25) is 0 Å². The van der Waals surface area contributed by atoms with Crippen LogP contribution in [0.1, 0.15) is 37.8 Å². The Bertz CT molecular complexity index is 718. The summed E-state index contributed by atoms with van der Waals surface area (Å²) >= 11 is 0. The highest BCUT2D eigenvalue weighted by Crippen LogP contribution is 2.29. The first-order valence-electron chi connectivity index (χ1n) is 7.00. The van der Waals surface area contributed by atoms with Crippen LogP contribution in [-0.4, -0.2) is 13.0 Å². The lowest BCUT2D eigenvalue weighted by molar-refractivity contribution is 0.484. The van der Waals surface area contributed by atoms with Crippen LogP contribution in [0.5, 0.6) is 0 Å². The molecule has 0 unspecified atom stereocenters. The fourth-order valence-electron chi connectivity index (χ4n) is 2.71. The number of hydrogen-bond donors (Lipinski definition) is 1. The van der Waals surface area contributed by atoms with Crippen molar-refractivity contribution in [3.05, 3.63) is 41.5 Å². The van der Waals surface area contributed by atoms with Crippen LogP contribution in [0.25, 0.3) is 10.8 Å². The van der Waals surface area contributed by atoms with Gasteiger partial charge in [0, 0.05) is 5.39 Å². The Balaban J connectivity index is 2.78. The third-order valence-corrected chi connectivity index (χ3v) is 4.44. The molecule has 0 aliphatic heterocycles. The standard InChI is InChI=1S/C16H20O3S/c1-3-6-12-10-11-15-14(13(12)7-4-2)8-5-9-16(15)20(17,18)19/h5,8-11H,3-4,6-7H2,1-2H3,(H,17,18,19). The Kier molecular flexibility index (Phi) is 4.45. The highest BCUT2D eigenvalue weighted by Gasteiger charge is 2.16. The van der Waals surface area contributed by atoms with Crippen molar-refractivity contribution in [3.63, 3.8) is 0 Å². The number of aryl methyl sites for hydroxylation is 2. The van der Waals surface area contributed by atoms with E-state index in [4.69, 9.17) is 0 Å². The van der Waals surface area contributed by atoms with E-state index in [-0.39, 0.29) is 4.90 Å². The van der Waals surface area contributed by atoms with Crippen LogP contribution in [0.4, 0.5) is 0 Å². The minimum Gasteiger partial charge on any atom is -0.282 e. The monoisotopic (exact) mass is 292 g/mol. The average molecular weight is 292 g/mol. The van der Waals surface area contributed by atoms with Gasteiger partial charge in [-0.3, -0.25) is 4.55 Å². The average Bonchev–Trinajstić information content (AvgIpc) is 2.40. The van der Waals surface area contributed by atoms with E-state index in [2.05, 4.69) is 13.8 Å². The van der Waals surface area contributed by atoms with Crippen LogP contribution in [-0.2, 0) is 23.0 Å². The molecule has 0 fully saturated rings. The number of fused-ring (bicyclic) bond motifs is 1. The molecule has 2 aromatic carbocycles. The molecule has 0 spiro atoms. The molecule has 2 aromatic rings. The summed E-state index contributed by atoms with van der Waals surface area (Å²) in [6, 6.07) is 8.88. The molecule has 0 heterocycles. The zero-order valence-corrected chi connectivity index (χ0v) is 12.7. The molecular formula is C16H20O3S. The van der Waals surface area contributed by atoms with Crippen molar-refractivity contribution in [2.24, 2.45) is 0 Å². The lowest BCUT2D eigenvalue weighted by Crippen LogP contribution is -2.01. The smallest absolute Gasteiger partial charge is 0.282 e.